The Balaban J connectivity index is 1.42. The summed E-state index contributed by atoms with van der Waals surface area (Å²) in [4.78, 5) is 42.3. The summed E-state index contributed by atoms with van der Waals surface area (Å²) in [6.07, 6.45) is 2.82. The standard InChI is InChI=1S/C25H24N4O4S/c1-3-4-8-21-28-29-22(30)14-20(27-25(29)34-21)15-33-24(32)18-6-5-7-19(13-18)26-23(31)17-11-9-16(2)10-12-17/h5-7,9-14H,3-4,8,15H2,1-2H3,(H,26,31). The Kier molecular flexibility index (Phi) is 7.12. The number of carbonyl (C=O) groups is 2. The van der Waals surface area contributed by atoms with Crippen LogP contribution >= 0.6 is 11.3 Å². The maximum atomic E-state index is 12.6. The van der Waals surface area contributed by atoms with Crippen LogP contribution in [0.5, 0.6) is 0 Å². The summed E-state index contributed by atoms with van der Waals surface area (Å²) >= 11 is 1.36. The first-order chi connectivity index (χ1) is 16.4. The Morgan fingerprint density at radius 2 is 1.88 bits per heavy atom. The molecule has 0 saturated heterocycles. The summed E-state index contributed by atoms with van der Waals surface area (Å²) in [5.74, 6) is -0.854. The number of unbranched alkanes of at least 4 members (excludes halogenated alkanes) is 1. The Bertz CT molecular complexity index is 1390. The molecule has 0 radical (unpaired) electrons. The van der Waals surface area contributed by atoms with Crippen molar-refractivity contribution in [1.82, 2.24) is 14.6 Å². The van der Waals surface area contributed by atoms with Gasteiger partial charge in [0.05, 0.1) is 11.3 Å². The summed E-state index contributed by atoms with van der Waals surface area (Å²) in [6.45, 7) is 3.90. The van der Waals surface area contributed by atoms with Crippen LogP contribution in [0.3, 0.4) is 0 Å². The second kappa shape index (κ2) is 10.4. The van der Waals surface area contributed by atoms with Gasteiger partial charge in [-0.25, -0.2) is 9.78 Å². The number of hydrogen-bond acceptors (Lipinski definition) is 7. The van der Waals surface area contributed by atoms with E-state index in [-0.39, 0.29) is 23.6 Å². The maximum absolute atomic E-state index is 12.6. The highest BCUT2D eigenvalue weighted by Gasteiger charge is 2.13. The smallest absolute Gasteiger partial charge is 0.338 e. The number of rotatable bonds is 8. The average Bonchev–Trinajstić information content (AvgIpc) is 3.25. The van der Waals surface area contributed by atoms with E-state index in [4.69, 9.17) is 4.74 Å². The fourth-order valence-electron chi connectivity index (χ4n) is 3.25. The van der Waals surface area contributed by atoms with Crippen LogP contribution in [0.1, 0.15) is 56.7 Å². The van der Waals surface area contributed by atoms with Gasteiger partial charge >= 0.3 is 5.97 Å². The van der Waals surface area contributed by atoms with E-state index in [0.717, 1.165) is 29.8 Å². The number of nitrogens with one attached hydrogen (secondary N) is 1. The largest absolute Gasteiger partial charge is 0.456 e. The SMILES string of the molecule is CCCCc1nn2c(=O)cc(COC(=O)c3cccc(NC(=O)c4ccc(C)cc4)c3)nc2s1. The molecule has 4 aromatic rings. The zero-order chi connectivity index (χ0) is 24.1. The number of benzene rings is 2. The lowest BCUT2D eigenvalue weighted by atomic mass is 10.1. The molecule has 0 unspecified atom stereocenters. The highest BCUT2D eigenvalue weighted by Crippen LogP contribution is 2.16. The van der Waals surface area contributed by atoms with E-state index in [1.807, 2.05) is 19.1 Å². The number of hydrogen-bond donors (Lipinski definition) is 1. The molecule has 9 heteroatoms. The molecular weight excluding hydrogens is 452 g/mol. The molecule has 2 aromatic heterocycles. The van der Waals surface area contributed by atoms with Gasteiger partial charge in [0.25, 0.3) is 11.5 Å². The number of nitrogens with zero attached hydrogens (tertiary/aromatic N) is 3. The number of ether oxygens (including phenoxy) is 1. The molecule has 0 aliphatic heterocycles. The van der Waals surface area contributed by atoms with Crippen molar-refractivity contribution in [3.63, 3.8) is 0 Å². The van der Waals surface area contributed by atoms with Crippen molar-refractivity contribution in [2.75, 3.05) is 5.32 Å². The van der Waals surface area contributed by atoms with E-state index in [1.165, 1.54) is 21.9 Å². The van der Waals surface area contributed by atoms with Crippen LogP contribution in [-0.2, 0) is 17.8 Å². The molecule has 2 heterocycles. The van der Waals surface area contributed by atoms with Crippen molar-refractivity contribution >= 4 is 33.9 Å². The zero-order valence-electron chi connectivity index (χ0n) is 18.9. The summed E-state index contributed by atoms with van der Waals surface area (Å²) in [5.41, 5.74) is 2.38. The predicted molar refractivity (Wildman–Crippen MR) is 130 cm³/mol. The lowest BCUT2D eigenvalue weighted by Gasteiger charge is -2.08. The van der Waals surface area contributed by atoms with Gasteiger partial charge in [-0.3, -0.25) is 9.59 Å². The quantitative estimate of drug-likeness (QED) is 0.378. The van der Waals surface area contributed by atoms with Crippen molar-refractivity contribution in [2.24, 2.45) is 0 Å². The van der Waals surface area contributed by atoms with Gasteiger partial charge in [0.15, 0.2) is 0 Å². The van der Waals surface area contributed by atoms with Crippen LogP contribution < -0.4 is 10.9 Å². The third kappa shape index (κ3) is 5.55. The minimum absolute atomic E-state index is 0.146. The number of amides is 1. The zero-order valence-corrected chi connectivity index (χ0v) is 19.7. The number of aromatic nitrogens is 3. The van der Waals surface area contributed by atoms with Crippen molar-refractivity contribution in [3.05, 3.63) is 92.3 Å². The molecule has 0 bridgehead atoms. The van der Waals surface area contributed by atoms with Gasteiger partial charge in [-0.15, -0.1) is 0 Å². The lowest BCUT2D eigenvalue weighted by molar-refractivity contribution is 0.0467. The van der Waals surface area contributed by atoms with Crippen LogP contribution in [-0.4, -0.2) is 26.5 Å². The second-order valence-electron chi connectivity index (χ2n) is 7.86. The average molecular weight is 477 g/mol. The summed E-state index contributed by atoms with van der Waals surface area (Å²) in [5, 5.41) is 7.95. The Hall–Kier alpha value is -3.85. The molecule has 0 aliphatic carbocycles. The van der Waals surface area contributed by atoms with Crippen LogP contribution in [0.25, 0.3) is 4.96 Å². The third-order valence-corrected chi connectivity index (χ3v) is 6.07. The molecule has 4 rings (SSSR count). The molecule has 174 valence electrons. The van der Waals surface area contributed by atoms with E-state index >= 15 is 0 Å². The molecule has 8 nitrogen and oxygen atoms in total. The van der Waals surface area contributed by atoms with Crippen LogP contribution in [0.2, 0.25) is 0 Å². The molecule has 2 aromatic carbocycles. The fraction of sp³-hybridized carbons (Fsp3) is 0.240. The molecule has 0 saturated carbocycles. The van der Waals surface area contributed by atoms with Gasteiger partial charge in [-0.2, -0.15) is 9.61 Å². The summed E-state index contributed by atoms with van der Waals surface area (Å²) in [7, 11) is 0. The van der Waals surface area contributed by atoms with Gasteiger partial charge in [0.2, 0.25) is 4.96 Å². The first kappa shape index (κ1) is 23.3. The molecular formula is C25H24N4O4S. The highest BCUT2D eigenvalue weighted by molar-refractivity contribution is 7.16. The molecule has 1 amide bonds. The molecule has 1 N–H and O–H groups in total. The summed E-state index contributed by atoms with van der Waals surface area (Å²) in [6, 6.07) is 15.0. The van der Waals surface area contributed by atoms with E-state index in [9.17, 15) is 14.4 Å². The molecule has 0 spiro atoms. The van der Waals surface area contributed by atoms with Gasteiger partial charge in [-0.1, -0.05) is 48.4 Å². The van der Waals surface area contributed by atoms with Gasteiger partial charge < -0.3 is 10.1 Å². The Labute approximate surface area is 200 Å². The monoisotopic (exact) mass is 476 g/mol. The first-order valence-corrected chi connectivity index (χ1v) is 11.8. The third-order valence-electron chi connectivity index (χ3n) is 5.11. The topological polar surface area (TPSA) is 103 Å². The highest BCUT2D eigenvalue weighted by atomic mass is 32.1. The van der Waals surface area contributed by atoms with Crippen LogP contribution in [0.15, 0.2) is 59.4 Å². The minimum Gasteiger partial charge on any atom is -0.456 e. The fourth-order valence-corrected chi connectivity index (χ4v) is 4.21. The predicted octanol–water partition coefficient (Wildman–Crippen LogP) is 4.41. The van der Waals surface area contributed by atoms with Crippen LogP contribution in [0, 0.1) is 6.92 Å². The van der Waals surface area contributed by atoms with Gasteiger partial charge in [0.1, 0.15) is 11.6 Å². The number of fused-ring (bicyclic) bond motifs is 1. The number of aryl methyl sites for hydroxylation is 2. The molecule has 0 fully saturated rings. The van der Waals surface area contributed by atoms with Gasteiger partial charge in [0, 0.05) is 23.7 Å². The first-order valence-electron chi connectivity index (χ1n) is 11.0. The van der Waals surface area contributed by atoms with E-state index in [1.54, 1.807) is 36.4 Å². The maximum Gasteiger partial charge on any atom is 0.338 e. The Morgan fingerprint density at radius 3 is 2.65 bits per heavy atom. The molecule has 0 atom stereocenters. The van der Waals surface area contributed by atoms with Crippen LogP contribution in [0.4, 0.5) is 5.69 Å². The number of carbonyl (C=O) groups excluding carboxylic acids is 2. The number of esters is 1. The van der Waals surface area contributed by atoms with E-state index in [0.29, 0.717) is 21.9 Å². The van der Waals surface area contributed by atoms with Gasteiger partial charge in [-0.05, 0) is 43.7 Å². The molecule has 0 aliphatic rings. The Morgan fingerprint density at radius 1 is 1.09 bits per heavy atom. The van der Waals surface area contributed by atoms with Crippen molar-refractivity contribution < 1.29 is 14.3 Å². The minimum atomic E-state index is -0.582. The van der Waals surface area contributed by atoms with Crippen molar-refractivity contribution in [3.8, 4) is 0 Å². The van der Waals surface area contributed by atoms with Crippen molar-refractivity contribution in [2.45, 2.75) is 39.7 Å². The lowest BCUT2D eigenvalue weighted by Crippen LogP contribution is -2.17. The van der Waals surface area contributed by atoms with E-state index in [2.05, 4.69) is 22.3 Å². The second-order valence-corrected chi connectivity index (χ2v) is 8.90. The summed E-state index contributed by atoms with van der Waals surface area (Å²) < 4.78 is 6.65. The van der Waals surface area contributed by atoms with E-state index < -0.39 is 5.97 Å². The molecule has 34 heavy (non-hydrogen) atoms. The van der Waals surface area contributed by atoms with Crippen molar-refractivity contribution in [1.29, 1.82) is 0 Å². The normalized spacial score (nSPS) is 10.9. The number of anilines is 1.